The van der Waals surface area contributed by atoms with E-state index in [1.54, 1.807) is 5.57 Å². The molecule has 0 heterocycles. The van der Waals surface area contributed by atoms with Gasteiger partial charge in [0.15, 0.2) is 0 Å². The molecule has 6 nitrogen and oxygen atoms in total. The summed E-state index contributed by atoms with van der Waals surface area (Å²) in [6.07, 6.45) is 119. The largest absolute Gasteiger partial charge is 0.466 e. The summed E-state index contributed by atoms with van der Waals surface area (Å²) >= 11 is 0. The van der Waals surface area contributed by atoms with Gasteiger partial charge < -0.3 is 14.2 Å². The summed E-state index contributed by atoms with van der Waals surface area (Å²) in [5.41, 5.74) is 6.57. The lowest BCUT2D eigenvalue weighted by atomic mass is 9.44. The highest BCUT2D eigenvalue weighted by molar-refractivity contribution is 5.70. The Balaban J connectivity index is 0.000000337. The maximum absolute atomic E-state index is 13.0. The van der Waals surface area contributed by atoms with Crippen LogP contribution in [0.4, 0.5) is 0 Å². The van der Waals surface area contributed by atoms with Gasteiger partial charge in [-0.05, 0) is 382 Å². The summed E-state index contributed by atoms with van der Waals surface area (Å²) < 4.78 is 17.9. The average molecular weight is 1960 g/mol. The Hall–Kier alpha value is -2.63. The third-order valence-corrected chi connectivity index (χ3v) is 44.2. The summed E-state index contributed by atoms with van der Waals surface area (Å²) in [5.74, 6) is 18.2. The molecule has 13 unspecified atom stereocenters. The van der Waals surface area contributed by atoms with Crippen LogP contribution in [0.1, 0.15) is 618 Å². The summed E-state index contributed by atoms with van der Waals surface area (Å²) in [6, 6.07) is 0. The van der Waals surface area contributed by atoms with Gasteiger partial charge in [0.05, 0.1) is 6.61 Å². The predicted octanol–water partition coefficient (Wildman–Crippen LogP) is 41.8. The molecule has 0 aromatic rings. The number of ether oxygens (including phenoxy) is 3. The Morgan fingerprint density at radius 1 is 0.312 bits per heavy atom. The molecule has 0 aromatic carbocycles. The molecule has 6 heteroatoms. The van der Waals surface area contributed by atoms with Crippen molar-refractivity contribution in [3.05, 3.63) is 47.6 Å². The Kier molecular flexibility index (Phi) is 52.0. The van der Waals surface area contributed by atoms with E-state index in [0.717, 1.165) is 183 Å². The van der Waals surface area contributed by atoms with Gasteiger partial charge in [-0.2, -0.15) is 0 Å². The second-order valence-corrected chi connectivity index (χ2v) is 55.2. The van der Waals surface area contributed by atoms with E-state index in [9.17, 15) is 14.4 Å². The van der Waals surface area contributed by atoms with Crippen molar-refractivity contribution >= 4 is 17.9 Å². The molecule has 12 aliphatic rings. The molecule has 12 rings (SSSR count). The van der Waals surface area contributed by atoms with E-state index in [1.165, 1.54) is 424 Å². The van der Waals surface area contributed by atoms with Crippen LogP contribution in [0.25, 0.3) is 0 Å². The van der Waals surface area contributed by atoms with Crippen molar-refractivity contribution in [2.75, 3.05) is 6.61 Å². The van der Waals surface area contributed by atoms with Gasteiger partial charge in [0.2, 0.25) is 0 Å². The van der Waals surface area contributed by atoms with Crippen LogP contribution in [-0.2, 0) is 28.6 Å². The zero-order chi connectivity index (χ0) is 101. The first-order chi connectivity index (χ1) is 68.1. The number of allylic oxidation sites excluding steroid dienone is 7. The molecule has 10 saturated carbocycles. The molecule has 812 valence electrons. The van der Waals surface area contributed by atoms with Crippen LogP contribution in [0.15, 0.2) is 47.6 Å². The van der Waals surface area contributed by atoms with Gasteiger partial charge >= 0.3 is 17.9 Å². The number of hydrogen-bond acceptors (Lipinski definition) is 6. The highest BCUT2D eigenvalue weighted by Crippen LogP contribution is 2.72. The predicted molar refractivity (Wildman–Crippen MR) is 605 cm³/mol. The Morgan fingerprint density at radius 3 is 1.08 bits per heavy atom. The fraction of sp³-hybridized carbons (Fsp3) is 0.919. The molecule has 0 radical (unpaired) electrons. The van der Waals surface area contributed by atoms with Crippen molar-refractivity contribution in [3.8, 4) is 0 Å². The highest BCUT2D eigenvalue weighted by atomic mass is 16.5. The molecule has 12 aliphatic carbocycles. The lowest BCUT2D eigenvalue weighted by Crippen LogP contribution is -2.54. The van der Waals surface area contributed by atoms with Crippen molar-refractivity contribution in [2.45, 2.75) is 630 Å². The van der Waals surface area contributed by atoms with Gasteiger partial charge in [-0.1, -0.05) is 409 Å². The number of esters is 3. The van der Waals surface area contributed by atoms with Gasteiger partial charge in [0.25, 0.3) is 0 Å². The van der Waals surface area contributed by atoms with Crippen LogP contribution in [0.2, 0.25) is 0 Å². The second kappa shape index (κ2) is 61.8. The van der Waals surface area contributed by atoms with Crippen LogP contribution >= 0.6 is 0 Å². The molecule has 0 N–H and O–H groups in total. The summed E-state index contributed by atoms with van der Waals surface area (Å²) in [7, 11) is 0. The SMILES string of the molecule is CC(C)CCC[C@@H](C)[C@H]1CCC2C3CC=C4CC(CCCCCCCC/C=C\CCCCCCCC(=O)OCCCCCCCCCCCCCCCCCC(=O)OC5CC[C@@]6(C)C(=CCC7C6CC[C@@]6(C)C7CC[C@@H]6[C@H](C)CCCC(C)C)C5)CC[C@]4(C)C3CC[C@@]21C.CCCCCCCC/C=C\CCCCCCCC(=O)OC1CC[C@@]2(C)C(CCC3C2CC[C@@]2(C)C3CC[C@@H]2[C@H](C)CCCC(C)C)C1. The first-order valence-electron chi connectivity index (χ1n) is 64.4. The summed E-state index contributed by atoms with van der Waals surface area (Å²) in [6.45, 7) is 41.3. The lowest BCUT2D eigenvalue weighted by Gasteiger charge is -2.61. The lowest BCUT2D eigenvalue weighted by molar-refractivity contribution is -0.163. The number of carbonyl (C=O) groups is 3. The standard InChI is InChI=1S/C90H156O4.C45H80O2/c1-69(2)43-41-45-71(5)79-54-56-81-77-52-50-74-67-73(58-62-87(74,7)83(77)60-64-89(79,81)9)47-37-33-29-25-21-17-13-11-14-18-22-26-30-34-38-48-85(91)93-66-40-36-32-28-24-20-16-12-15-19-23-27-31-35-39-49-86(92)94-76-59-63-88(8)75(68-76)51-53-78-82-57-55-80(72(6)46-42-44-70(3)4)90(82,10)65-61-84(78)88;1-7-8-9-10-11-12-13-14-15-16-17-18-19-20-21-25-43(46)47-38-30-32-44(5)37(34-38)26-27-39-41-29-28-40(36(4)24-22-23-35(2)3)45(41,6)33-31-42(39)44/h11,14,50-51,69-73,76-84H,12-13,15-49,52-68H2,1-10H3;14-15,35-42H,7-13,16-34H2,1-6H3/b14-11-;15-14-/t71-,72-,73?,76?,77?,78?,79-,80-,81?,82?,83?,84?,87+,88+,89-,90-;36-,37?,38?,39?,40-,41?,42?,44+,45-/m11/s1. The first kappa shape index (κ1) is 119. The van der Waals surface area contributed by atoms with E-state index in [4.69, 9.17) is 14.2 Å². The fourth-order valence-electron chi connectivity index (χ4n) is 35.6. The van der Waals surface area contributed by atoms with Crippen molar-refractivity contribution in [1.29, 1.82) is 0 Å². The van der Waals surface area contributed by atoms with Crippen LogP contribution in [0.5, 0.6) is 0 Å². The zero-order valence-corrected chi connectivity index (χ0v) is 96.7. The highest BCUT2D eigenvalue weighted by Gasteiger charge is 2.64. The van der Waals surface area contributed by atoms with E-state index >= 15 is 0 Å². The fourth-order valence-corrected chi connectivity index (χ4v) is 35.6. The Labute approximate surface area is 876 Å². The molecule has 0 aliphatic heterocycles. The Bertz CT molecular complexity index is 3590. The van der Waals surface area contributed by atoms with Crippen molar-refractivity contribution in [1.82, 2.24) is 0 Å². The number of carbonyl (C=O) groups excluding carboxylic acids is 3. The minimum Gasteiger partial charge on any atom is -0.466 e. The minimum atomic E-state index is 0.0134. The van der Waals surface area contributed by atoms with Gasteiger partial charge in [0.1, 0.15) is 12.2 Å². The third-order valence-electron chi connectivity index (χ3n) is 44.2. The van der Waals surface area contributed by atoms with Crippen molar-refractivity contribution in [2.24, 2.45) is 151 Å². The molecule has 0 amide bonds. The second-order valence-electron chi connectivity index (χ2n) is 55.2. The maximum Gasteiger partial charge on any atom is 0.306 e. The third kappa shape index (κ3) is 35.2. The van der Waals surface area contributed by atoms with E-state index in [1.807, 2.05) is 5.57 Å². The van der Waals surface area contributed by atoms with Gasteiger partial charge in [-0.15, -0.1) is 0 Å². The average Bonchev–Trinajstić information content (AvgIpc) is 1.64. The van der Waals surface area contributed by atoms with Gasteiger partial charge in [-0.3, -0.25) is 14.4 Å². The van der Waals surface area contributed by atoms with E-state index in [0.29, 0.717) is 58.4 Å². The monoisotopic (exact) mass is 1950 g/mol. The summed E-state index contributed by atoms with van der Waals surface area (Å²) in [4.78, 5) is 38.2. The number of hydrogen-bond donors (Lipinski definition) is 0. The number of rotatable bonds is 67. The zero-order valence-electron chi connectivity index (χ0n) is 96.7. The first-order valence-corrected chi connectivity index (χ1v) is 64.4. The normalized spacial score (nSPS) is 33.2. The van der Waals surface area contributed by atoms with E-state index in [-0.39, 0.29) is 30.1 Å². The molecule has 141 heavy (non-hydrogen) atoms. The summed E-state index contributed by atoms with van der Waals surface area (Å²) in [5, 5.41) is 0. The Morgan fingerprint density at radius 2 is 0.652 bits per heavy atom. The smallest absolute Gasteiger partial charge is 0.306 e. The molecule has 0 bridgehead atoms. The number of fused-ring (bicyclic) bond motifs is 15. The number of unbranched alkanes of at least 4 members (excludes halogenated alkanes) is 36. The quantitative estimate of drug-likeness (QED) is 0.0261. The van der Waals surface area contributed by atoms with Gasteiger partial charge in [-0.25, -0.2) is 0 Å². The molecular formula is C135H236O6. The molecule has 10 fully saturated rings. The van der Waals surface area contributed by atoms with Crippen LogP contribution in [-0.4, -0.2) is 36.7 Å². The molecule has 0 spiro atoms. The van der Waals surface area contributed by atoms with Crippen LogP contribution in [0.3, 0.4) is 0 Å². The van der Waals surface area contributed by atoms with Crippen LogP contribution < -0.4 is 0 Å². The van der Waals surface area contributed by atoms with Crippen LogP contribution in [0, 0.1) is 151 Å². The van der Waals surface area contributed by atoms with E-state index < -0.39 is 0 Å². The van der Waals surface area contributed by atoms with Gasteiger partial charge in [0, 0.05) is 25.7 Å². The molecular weight excluding hydrogens is 1720 g/mol. The molecule has 0 aromatic heterocycles. The minimum absolute atomic E-state index is 0.0134. The molecule has 25 atom stereocenters. The van der Waals surface area contributed by atoms with E-state index in [2.05, 4.69) is 147 Å². The topological polar surface area (TPSA) is 78.9 Å². The van der Waals surface area contributed by atoms with Crippen molar-refractivity contribution < 1.29 is 28.6 Å². The molecule has 0 saturated heterocycles. The van der Waals surface area contributed by atoms with Crippen molar-refractivity contribution in [3.63, 3.8) is 0 Å². The maximum atomic E-state index is 13.0.